The van der Waals surface area contributed by atoms with Crippen molar-refractivity contribution in [3.8, 4) is 0 Å². The number of nitrogens with one attached hydrogen (secondary N) is 2. The van der Waals surface area contributed by atoms with E-state index in [0.717, 1.165) is 0 Å². The van der Waals surface area contributed by atoms with Crippen LogP contribution in [0.1, 0.15) is 12.0 Å². The van der Waals surface area contributed by atoms with E-state index in [1.807, 2.05) is 4.98 Å². The van der Waals surface area contributed by atoms with Crippen LogP contribution in [0.15, 0.2) is 17.1 Å². The molecule has 1 saturated heterocycles. The number of halogens is 3. The lowest BCUT2D eigenvalue weighted by Gasteiger charge is -2.11. The summed E-state index contributed by atoms with van der Waals surface area (Å²) in [7, 11) is -3.30. The summed E-state index contributed by atoms with van der Waals surface area (Å²) >= 11 is 0. The number of hydrogen-bond acceptors (Lipinski definition) is 4. The number of alkyl halides is 3. The van der Waals surface area contributed by atoms with E-state index in [1.54, 1.807) is 0 Å². The van der Waals surface area contributed by atoms with Crippen molar-refractivity contribution in [1.82, 2.24) is 4.98 Å². The van der Waals surface area contributed by atoms with Crippen molar-refractivity contribution in [2.45, 2.75) is 12.6 Å². The summed E-state index contributed by atoms with van der Waals surface area (Å²) in [6.07, 6.45) is -4.08. The van der Waals surface area contributed by atoms with Crippen LogP contribution in [0.25, 0.3) is 0 Å². The molecular formula is C11H11F3N2O4S. The number of carbonyl (C=O) groups excluding carboxylic acids is 1. The van der Waals surface area contributed by atoms with E-state index in [0.29, 0.717) is 12.3 Å². The van der Waals surface area contributed by atoms with E-state index in [-0.39, 0.29) is 17.9 Å². The average molecular weight is 324 g/mol. The number of sulfone groups is 1. The molecule has 1 amide bonds. The topological polar surface area (TPSA) is 96.1 Å². The number of aromatic nitrogens is 1. The van der Waals surface area contributed by atoms with E-state index in [9.17, 15) is 31.2 Å². The number of amides is 1. The van der Waals surface area contributed by atoms with Gasteiger partial charge in [0.15, 0.2) is 9.84 Å². The van der Waals surface area contributed by atoms with E-state index in [4.69, 9.17) is 0 Å². The van der Waals surface area contributed by atoms with E-state index < -0.39 is 44.6 Å². The summed E-state index contributed by atoms with van der Waals surface area (Å²) < 4.78 is 60.1. The van der Waals surface area contributed by atoms with Gasteiger partial charge in [-0.2, -0.15) is 13.2 Å². The molecule has 0 bridgehead atoms. The Morgan fingerprint density at radius 1 is 1.38 bits per heavy atom. The fourth-order valence-corrected chi connectivity index (χ4v) is 3.72. The Bertz CT molecular complexity index is 724. The first-order chi connectivity index (χ1) is 9.58. The molecule has 0 aromatic carbocycles. The highest BCUT2D eigenvalue weighted by Gasteiger charge is 2.34. The van der Waals surface area contributed by atoms with Gasteiger partial charge in [-0.25, -0.2) is 8.42 Å². The van der Waals surface area contributed by atoms with Crippen molar-refractivity contribution < 1.29 is 26.4 Å². The number of carbonyl (C=O) groups is 1. The fourth-order valence-electron chi connectivity index (χ4n) is 1.98. The summed E-state index contributed by atoms with van der Waals surface area (Å²) in [5.74, 6) is -2.15. The van der Waals surface area contributed by atoms with Gasteiger partial charge in [0.25, 0.3) is 5.56 Å². The molecule has 1 aromatic rings. The molecule has 1 aliphatic rings. The second-order valence-corrected chi connectivity index (χ2v) is 6.95. The van der Waals surface area contributed by atoms with E-state index >= 15 is 0 Å². The predicted octanol–water partition coefficient (Wildman–Crippen LogP) is 0.767. The molecule has 1 aliphatic heterocycles. The van der Waals surface area contributed by atoms with Crippen molar-refractivity contribution >= 4 is 21.4 Å². The summed E-state index contributed by atoms with van der Waals surface area (Å²) in [5, 5.41) is 2.06. The zero-order valence-electron chi connectivity index (χ0n) is 10.5. The number of rotatable bonds is 2. The Labute approximate surface area is 117 Å². The van der Waals surface area contributed by atoms with Crippen LogP contribution in [-0.2, 0) is 20.8 Å². The molecule has 1 unspecified atom stereocenters. The maximum Gasteiger partial charge on any atom is 0.417 e. The molecule has 0 radical (unpaired) electrons. The van der Waals surface area contributed by atoms with Crippen LogP contribution >= 0.6 is 0 Å². The SMILES string of the molecule is O=C(Nc1cc(C(F)(F)F)c[nH]c1=O)C1CCS(=O)(=O)C1. The standard InChI is InChI=1S/C11H11F3N2O4S/c12-11(13,14)7-3-8(10(18)15-4-7)16-9(17)6-1-2-21(19,20)5-6/h3-4,6H,1-2,5H2,(H,15,18)(H,16,17). The highest BCUT2D eigenvalue weighted by Crippen LogP contribution is 2.29. The third kappa shape index (κ3) is 3.63. The van der Waals surface area contributed by atoms with Gasteiger partial charge >= 0.3 is 6.18 Å². The highest BCUT2D eigenvalue weighted by atomic mass is 32.2. The molecule has 0 aliphatic carbocycles. The van der Waals surface area contributed by atoms with Gasteiger partial charge in [-0.15, -0.1) is 0 Å². The number of hydrogen-bond donors (Lipinski definition) is 2. The third-order valence-electron chi connectivity index (χ3n) is 3.09. The molecule has 21 heavy (non-hydrogen) atoms. The van der Waals surface area contributed by atoms with Gasteiger partial charge in [0, 0.05) is 6.20 Å². The zero-order chi connectivity index (χ0) is 15.8. The molecule has 1 aromatic heterocycles. The van der Waals surface area contributed by atoms with E-state index in [2.05, 4.69) is 5.32 Å². The van der Waals surface area contributed by atoms with Crippen molar-refractivity contribution in [3.63, 3.8) is 0 Å². The van der Waals surface area contributed by atoms with Crippen LogP contribution in [0.4, 0.5) is 18.9 Å². The second kappa shape index (κ2) is 5.17. The molecule has 1 atom stereocenters. The van der Waals surface area contributed by atoms with Crippen LogP contribution in [0, 0.1) is 5.92 Å². The van der Waals surface area contributed by atoms with Crippen molar-refractivity contribution in [3.05, 3.63) is 28.2 Å². The Hall–Kier alpha value is -1.84. The molecule has 2 heterocycles. The van der Waals surface area contributed by atoms with Crippen molar-refractivity contribution in [2.24, 2.45) is 5.92 Å². The molecular weight excluding hydrogens is 313 g/mol. The average Bonchev–Trinajstić information content (AvgIpc) is 2.71. The quantitative estimate of drug-likeness (QED) is 0.840. The van der Waals surface area contributed by atoms with Crippen molar-refractivity contribution in [1.29, 1.82) is 0 Å². The van der Waals surface area contributed by atoms with Crippen LogP contribution in [-0.4, -0.2) is 30.8 Å². The van der Waals surface area contributed by atoms with Gasteiger partial charge in [0.05, 0.1) is 23.0 Å². The first-order valence-corrected chi connectivity index (χ1v) is 7.72. The molecule has 2 rings (SSSR count). The molecule has 0 saturated carbocycles. The first-order valence-electron chi connectivity index (χ1n) is 5.90. The summed E-state index contributed by atoms with van der Waals surface area (Å²) in [5.41, 5.74) is -2.56. The second-order valence-electron chi connectivity index (χ2n) is 4.72. The summed E-state index contributed by atoms with van der Waals surface area (Å²) in [4.78, 5) is 25.1. The molecule has 6 nitrogen and oxygen atoms in total. The summed E-state index contributed by atoms with van der Waals surface area (Å²) in [6.45, 7) is 0. The fraction of sp³-hybridized carbons (Fsp3) is 0.455. The lowest BCUT2D eigenvalue weighted by atomic mass is 10.1. The van der Waals surface area contributed by atoms with Gasteiger partial charge in [0.1, 0.15) is 5.69 Å². The smallest absolute Gasteiger partial charge is 0.327 e. The first kappa shape index (κ1) is 15.5. The number of pyridine rings is 1. The maximum atomic E-state index is 12.5. The monoisotopic (exact) mass is 324 g/mol. The van der Waals surface area contributed by atoms with Crippen LogP contribution < -0.4 is 10.9 Å². The van der Waals surface area contributed by atoms with Gasteiger partial charge in [-0.1, -0.05) is 0 Å². The van der Waals surface area contributed by atoms with Crippen LogP contribution in [0.3, 0.4) is 0 Å². The minimum absolute atomic E-state index is 0.0883. The van der Waals surface area contributed by atoms with Gasteiger partial charge in [0.2, 0.25) is 5.91 Å². The summed E-state index contributed by atoms with van der Waals surface area (Å²) in [6, 6.07) is 0.514. The number of anilines is 1. The Balaban J connectivity index is 2.20. The molecule has 2 N–H and O–H groups in total. The highest BCUT2D eigenvalue weighted by molar-refractivity contribution is 7.91. The van der Waals surface area contributed by atoms with E-state index in [1.165, 1.54) is 0 Å². The largest absolute Gasteiger partial charge is 0.417 e. The Kier molecular flexibility index (Phi) is 3.83. The lowest BCUT2D eigenvalue weighted by molar-refractivity contribution is -0.137. The zero-order valence-corrected chi connectivity index (χ0v) is 11.3. The van der Waals surface area contributed by atoms with Gasteiger partial charge in [-0.05, 0) is 12.5 Å². The van der Waals surface area contributed by atoms with Crippen LogP contribution in [0.5, 0.6) is 0 Å². The normalized spacial score (nSPS) is 21.2. The molecule has 0 spiro atoms. The van der Waals surface area contributed by atoms with Gasteiger partial charge in [-0.3, -0.25) is 9.59 Å². The van der Waals surface area contributed by atoms with Crippen molar-refractivity contribution in [2.75, 3.05) is 16.8 Å². The number of H-pyrrole nitrogens is 1. The molecule has 10 heteroatoms. The minimum Gasteiger partial charge on any atom is -0.327 e. The Morgan fingerprint density at radius 2 is 2.05 bits per heavy atom. The Morgan fingerprint density at radius 3 is 2.57 bits per heavy atom. The van der Waals surface area contributed by atoms with Crippen LogP contribution in [0.2, 0.25) is 0 Å². The lowest BCUT2D eigenvalue weighted by Crippen LogP contribution is -2.27. The third-order valence-corrected chi connectivity index (χ3v) is 4.86. The maximum absolute atomic E-state index is 12.5. The number of aromatic amines is 1. The molecule has 116 valence electrons. The minimum atomic E-state index is -4.67. The predicted molar refractivity (Wildman–Crippen MR) is 67.5 cm³/mol. The van der Waals surface area contributed by atoms with Gasteiger partial charge < -0.3 is 10.3 Å². The molecule has 1 fully saturated rings.